The fourth-order valence-electron chi connectivity index (χ4n) is 12.2. The van der Waals surface area contributed by atoms with Crippen molar-refractivity contribution in [1.29, 1.82) is 10.5 Å². The van der Waals surface area contributed by atoms with Crippen molar-refractivity contribution in [2.24, 2.45) is 4.99 Å². The molecule has 3 heteroatoms. The van der Waals surface area contributed by atoms with E-state index < -0.39 is 0 Å². The van der Waals surface area contributed by atoms with Crippen molar-refractivity contribution in [3.05, 3.63) is 243 Å². The number of nitrogens with zero attached hydrogens (tertiary/aromatic N) is 3. The third kappa shape index (κ3) is 6.56. The summed E-state index contributed by atoms with van der Waals surface area (Å²) < 4.78 is 0. The lowest BCUT2D eigenvalue weighted by atomic mass is 9.76. The molecule has 0 saturated carbocycles. The second kappa shape index (κ2) is 15.9. The van der Waals surface area contributed by atoms with Crippen LogP contribution in [0.4, 0.5) is 0 Å². The fourth-order valence-corrected chi connectivity index (χ4v) is 12.2. The predicted octanol–water partition coefficient (Wildman–Crippen LogP) is 15.9. The number of rotatable bonds is 6. The third-order valence-corrected chi connectivity index (χ3v) is 15.8. The Labute approximate surface area is 400 Å². The molecular weight excluding hydrogens is 823 g/mol. The third-order valence-electron chi connectivity index (χ3n) is 15.8. The molecule has 0 spiro atoms. The summed E-state index contributed by atoms with van der Waals surface area (Å²) >= 11 is 0. The molecule has 0 aromatic heterocycles. The molecule has 0 bridgehead atoms. The first-order valence-electron chi connectivity index (χ1n) is 24.1. The molecule has 0 amide bonds. The van der Waals surface area contributed by atoms with E-state index >= 15 is 0 Å². The average molecular weight is 874 g/mol. The van der Waals surface area contributed by atoms with E-state index in [4.69, 9.17) is 4.99 Å². The minimum Gasteiger partial charge on any atom is -0.276 e. The Morgan fingerprint density at radius 1 is 0.559 bits per heavy atom. The van der Waals surface area contributed by atoms with Crippen molar-refractivity contribution in [2.45, 2.75) is 76.2 Å². The first-order chi connectivity index (χ1) is 33.1. The van der Waals surface area contributed by atoms with Gasteiger partial charge < -0.3 is 0 Å². The van der Waals surface area contributed by atoms with E-state index in [9.17, 15) is 10.5 Å². The van der Waals surface area contributed by atoms with Gasteiger partial charge >= 0.3 is 0 Å². The van der Waals surface area contributed by atoms with Crippen LogP contribution in [0.2, 0.25) is 0 Å². The Bertz CT molecular complexity index is 3530. The van der Waals surface area contributed by atoms with Crippen molar-refractivity contribution in [3.63, 3.8) is 0 Å². The monoisotopic (exact) mass is 873 g/mol. The molecule has 1 aliphatic heterocycles. The molecule has 0 N–H and O–H groups in total. The van der Waals surface area contributed by atoms with Gasteiger partial charge in [0.2, 0.25) is 0 Å². The van der Waals surface area contributed by atoms with E-state index in [1.54, 1.807) is 5.57 Å². The summed E-state index contributed by atoms with van der Waals surface area (Å²) in [7, 11) is 0. The lowest BCUT2D eigenvalue weighted by Gasteiger charge is -2.30. The number of aliphatic imine (C=N–C) groups is 1. The largest absolute Gasteiger partial charge is 0.276 e. The molecule has 2 atom stereocenters. The standard InChI is InChI=1S/C65H51N3/c1-64(2)58-19-11-9-17-51(58)53-31-29-44(35-60(53)64)48-33-55(45-30-32-54-52-18-10-12-20-59(52)65(3,4)61(54)36-45)56-37-62(42-25-21-40(22-26-42)49-15-7-5-13-46(49)38-66)68-63(57(56)34-48)43-27-23-41(24-28-43)50-16-8-6-14-47(50)39-67/h5-11,13-19,21-23,25-36,41,62H,12,20,24,37H2,1-4H3. The first kappa shape index (κ1) is 41.6. The van der Waals surface area contributed by atoms with Crippen LogP contribution >= 0.6 is 0 Å². The van der Waals surface area contributed by atoms with E-state index in [0.29, 0.717) is 5.56 Å². The maximum absolute atomic E-state index is 10.0. The molecule has 5 aliphatic rings. The Morgan fingerprint density at radius 3 is 2.01 bits per heavy atom. The lowest BCUT2D eigenvalue weighted by Crippen LogP contribution is -2.20. The highest BCUT2D eigenvalue weighted by Gasteiger charge is 2.39. The van der Waals surface area contributed by atoms with Gasteiger partial charge in [-0.25, -0.2) is 0 Å². The molecule has 0 saturated heterocycles. The Balaban J connectivity index is 1.04. The maximum Gasteiger partial charge on any atom is 0.0998 e. The van der Waals surface area contributed by atoms with Gasteiger partial charge in [0, 0.05) is 28.7 Å². The highest BCUT2D eigenvalue weighted by molar-refractivity contribution is 6.17. The van der Waals surface area contributed by atoms with E-state index in [1.165, 1.54) is 72.3 Å². The van der Waals surface area contributed by atoms with Gasteiger partial charge in [-0.2, -0.15) is 10.5 Å². The molecule has 0 radical (unpaired) electrons. The minimum atomic E-state index is -0.141. The number of hydrogen-bond donors (Lipinski definition) is 0. The van der Waals surface area contributed by atoms with Crippen LogP contribution in [0.5, 0.6) is 0 Å². The molecule has 7 aromatic rings. The lowest BCUT2D eigenvalue weighted by molar-refractivity contribution is 0.607. The summed E-state index contributed by atoms with van der Waals surface area (Å²) in [5.74, 6) is 0.0997. The van der Waals surface area contributed by atoms with Crippen molar-refractivity contribution >= 4 is 11.3 Å². The summed E-state index contributed by atoms with van der Waals surface area (Å²) in [5, 5.41) is 20.0. The highest BCUT2D eigenvalue weighted by Crippen LogP contribution is 2.53. The van der Waals surface area contributed by atoms with Crippen molar-refractivity contribution in [1.82, 2.24) is 0 Å². The zero-order chi connectivity index (χ0) is 46.3. The Kier molecular flexibility index (Phi) is 9.72. The van der Waals surface area contributed by atoms with Crippen LogP contribution in [0, 0.1) is 22.7 Å². The van der Waals surface area contributed by atoms with Gasteiger partial charge in [0.1, 0.15) is 0 Å². The van der Waals surface area contributed by atoms with Crippen LogP contribution in [-0.2, 0) is 17.3 Å². The summed E-state index contributed by atoms with van der Waals surface area (Å²) in [4.78, 5) is 5.77. The van der Waals surface area contributed by atoms with Crippen molar-refractivity contribution in [3.8, 4) is 56.6 Å². The number of hydrogen-bond acceptors (Lipinski definition) is 3. The number of fused-ring (bicyclic) bond motifs is 6. The molecule has 4 aliphatic carbocycles. The van der Waals surface area contributed by atoms with Gasteiger partial charge in [-0.15, -0.1) is 0 Å². The topological polar surface area (TPSA) is 59.9 Å². The van der Waals surface area contributed by atoms with Crippen LogP contribution in [-0.4, -0.2) is 5.71 Å². The molecule has 0 fully saturated rings. The van der Waals surface area contributed by atoms with Crippen LogP contribution < -0.4 is 0 Å². The van der Waals surface area contributed by atoms with Gasteiger partial charge in [-0.05, 0) is 150 Å². The molecule has 12 rings (SSSR count). The van der Waals surface area contributed by atoms with Gasteiger partial charge in [0.25, 0.3) is 0 Å². The molecule has 3 nitrogen and oxygen atoms in total. The summed E-state index contributed by atoms with van der Waals surface area (Å²) in [6.45, 7) is 9.55. The molecule has 326 valence electrons. The van der Waals surface area contributed by atoms with E-state index in [1.807, 2.05) is 42.5 Å². The predicted molar refractivity (Wildman–Crippen MR) is 279 cm³/mol. The van der Waals surface area contributed by atoms with Gasteiger partial charge in [0.15, 0.2) is 0 Å². The first-order valence-corrected chi connectivity index (χ1v) is 24.1. The maximum atomic E-state index is 10.0. The van der Waals surface area contributed by atoms with Gasteiger partial charge in [0.05, 0.1) is 35.0 Å². The highest BCUT2D eigenvalue weighted by atomic mass is 14.8. The van der Waals surface area contributed by atoms with Crippen LogP contribution in [0.3, 0.4) is 0 Å². The fraction of sp³-hybridized carbons (Fsp3) is 0.185. The normalized spacial score (nSPS) is 18.9. The smallest absolute Gasteiger partial charge is 0.0998 e. The molecule has 7 aromatic carbocycles. The zero-order valence-electron chi connectivity index (χ0n) is 39.1. The van der Waals surface area contributed by atoms with E-state index in [0.717, 1.165) is 64.8 Å². The van der Waals surface area contributed by atoms with Crippen LogP contribution in [0.25, 0.3) is 50.1 Å². The molecule has 1 heterocycles. The zero-order valence-corrected chi connectivity index (χ0v) is 39.1. The average Bonchev–Trinajstić information content (AvgIpc) is 3.76. The van der Waals surface area contributed by atoms with Gasteiger partial charge in [-0.3, -0.25) is 4.99 Å². The van der Waals surface area contributed by atoms with Crippen molar-refractivity contribution < 1.29 is 0 Å². The Hall–Kier alpha value is -7.85. The SMILES string of the molecule is CC1(C)C2=C(C=CCC2)c2ccc(-c3cc(-c4ccc5c(c4)C(C)(C)c4ccccc4-5)cc4c3CC(c3ccc(-c5ccccc5C#N)cc3)N=C4C3=CCC(c4ccccc4C#N)C=C3)cc21. The summed E-state index contributed by atoms with van der Waals surface area (Å²) in [5.41, 5.74) is 25.9. The number of nitriles is 2. The summed E-state index contributed by atoms with van der Waals surface area (Å²) in [6, 6.07) is 57.3. The van der Waals surface area contributed by atoms with E-state index in [-0.39, 0.29) is 22.8 Å². The second-order valence-electron chi connectivity index (χ2n) is 20.2. The van der Waals surface area contributed by atoms with Crippen molar-refractivity contribution in [2.75, 3.05) is 0 Å². The number of benzene rings is 7. The molecular formula is C65H51N3. The Morgan fingerprint density at radius 2 is 1.22 bits per heavy atom. The number of allylic oxidation sites excluding steroid dienone is 8. The summed E-state index contributed by atoms with van der Waals surface area (Å²) in [6.07, 6.45) is 15.3. The quantitative estimate of drug-likeness (QED) is 0.167. The van der Waals surface area contributed by atoms with E-state index in [2.05, 4.69) is 173 Å². The second-order valence-corrected chi connectivity index (χ2v) is 20.2. The van der Waals surface area contributed by atoms with Crippen LogP contribution in [0.15, 0.2) is 192 Å². The molecule has 68 heavy (non-hydrogen) atoms. The molecule has 2 unspecified atom stereocenters. The van der Waals surface area contributed by atoms with Gasteiger partial charge in [-0.1, -0.05) is 173 Å². The van der Waals surface area contributed by atoms with Crippen LogP contribution in [0.1, 0.15) is 115 Å². The minimum absolute atomic E-state index is 0.0663.